The van der Waals surface area contributed by atoms with Crippen molar-refractivity contribution in [3.63, 3.8) is 0 Å². The third-order valence-corrected chi connectivity index (χ3v) is 6.63. The number of anilines is 1. The first kappa shape index (κ1) is 18.3. The van der Waals surface area contributed by atoms with E-state index in [2.05, 4.69) is 4.72 Å². The van der Waals surface area contributed by atoms with E-state index in [-0.39, 0.29) is 14.8 Å². The Kier molecular flexibility index (Phi) is 5.11. The first-order valence-corrected chi connectivity index (χ1v) is 10.5. The van der Waals surface area contributed by atoms with E-state index in [1.54, 1.807) is 10.6 Å². The summed E-state index contributed by atoms with van der Waals surface area (Å²) < 4.78 is 29.9. The van der Waals surface area contributed by atoms with Crippen LogP contribution in [0.2, 0.25) is 10.0 Å². The lowest BCUT2D eigenvalue weighted by Crippen LogP contribution is -2.13. The van der Waals surface area contributed by atoms with Crippen LogP contribution in [0.4, 0.5) is 5.69 Å². The summed E-state index contributed by atoms with van der Waals surface area (Å²) in [6.45, 7) is 2.59. The van der Waals surface area contributed by atoms with Crippen LogP contribution in [0.5, 0.6) is 0 Å². The number of benzene rings is 2. The highest BCUT2D eigenvalue weighted by atomic mass is 35.5. The zero-order chi connectivity index (χ0) is 18.2. The molecule has 0 radical (unpaired) electrons. The van der Waals surface area contributed by atoms with Gasteiger partial charge in [-0.3, -0.25) is 14.1 Å². The number of halogens is 2. The van der Waals surface area contributed by atoms with E-state index in [0.29, 0.717) is 22.0 Å². The third kappa shape index (κ3) is 3.69. The van der Waals surface area contributed by atoms with Crippen LogP contribution >= 0.6 is 34.5 Å². The molecule has 0 saturated heterocycles. The molecule has 1 heterocycles. The Bertz CT molecular complexity index is 1100. The highest BCUT2D eigenvalue weighted by molar-refractivity contribution is 7.92. The van der Waals surface area contributed by atoms with Gasteiger partial charge in [-0.15, -0.1) is 0 Å². The van der Waals surface area contributed by atoms with E-state index in [1.807, 2.05) is 6.92 Å². The summed E-state index contributed by atoms with van der Waals surface area (Å²) in [5, 5.41) is 0.597. The number of nitrogens with zero attached hydrogens (tertiary/aromatic N) is 1. The molecule has 9 heteroatoms. The van der Waals surface area contributed by atoms with Gasteiger partial charge in [0.1, 0.15) is 0 Å². The molecule has 3 rings (SSSR count). The molecule has 0 atom stereocenters. The molecule has 0 aliphatic heterocycles. The zero-order valence-electron chi connectivity index (χ0n) is 13.1. The topological polar surface area (TPSA) is 68.2 Å². The molecule has 3 aromatic rings. The molecule has 0 unspecified atom stereocenters. The number of fused-ring (bicyclic) bond motifs is 1. The van der Waals surface area contributed by atoms with Crippen molar-refractivity contribution >= 4 is 60.5 Å². The molecule has 0 amide bonds. The van der Waals surface area contributed by atoms with Crippen molar-refractivity contribution in [1.29, 1.82) is 0 Å². The number of nitrogens with one attached hydrogen (secondary N) is 1. The van der Waals surface area contributed by atoms with Gasteiger partial charge in [-0.05, 0) is 42.8 Å². The van der Waals surface area contributed by atoms with Crippen molar-refractivity contribution in [2.75, 3.05) is 4.72 Å². The zero-order valence-corrected chi connectivity index (χ0v) is 16.3. The fourth-order valence-corrected chi connectivity index (χ4v) is 4.83. The first-order valence-electron chi connectivity index (χ1n) is 7.43. The number of rotatable bonds is 5. The van der Waals surface area contributed by atoms with Gasteiger partial charge in [0.2, 0.25) is 0 Å². The molecule has 25 heavy (non-hydrogen) atoms. The largest absolute Gasteiger partial charge is 0.308 e. The lowest BCUT2D eigenvalue weighted by Gasteiger charge is -2.09. The van der Waals surface area contributed by atoms with Gasteiger partial charge in [-0.25, -0.2) is 8.42 Å². The van der Waals surface area contributed by atoms with Crippen molar-refractivity contribution in [3.05, 3.63) is 56.1 Å². The Hall–Kier alpha value is -1.54. The molecule has 0 fully saturated rings. The molecule has 5 nitrogen and oxygen atoms in total. The smallest absolute Gasteiger partial charge is 0.299 e. The quantitative estimate of drug-likeness (QED) is 0.661. The second-order valence-electron chi connectivity index (χ2n) is 5.38. The van der Waals surface area contributed by atoms with Gasteiger partial charge in [0, 0.05) is 6.54 Å². The van der Waals surface area contributed by atoms with Crippen LogP contribution in [-0.4, -0.2) is 13.0 Å². The summed E-state index contributed by atoms with van der Waals surface area (Å²) in [5.74, 6) is 0. The van der Waals surface area contributed by atoms with Crippen molar-refractivity contribution in [2.24, 2.45) is 0 Å². The van der Waals surface area contributed by atoms with Crippen LogP contribution in [0, 0.1) is 0 Å². The molecule has 0 aliphatic rings. The second-order valence-corrected chi connectivity index (χ2v) is 8.87. The molecule has 132 valence electrons. The lowest BCUT2D eigenvalue weighted by molar-refractivity contribution is 0.601. The van der Waals surface area contributed by atoms with Crippen LogP contribution in [0.25, 0.3) is 10.2 Å². The Balaban J connectivity index is 1.99. The van der Waals surface area contributed by atoms with E-state index >= 15 is 0 Å². The number of aryl methyl sites for hydroxylation is 1. The van der Waals surface area contributed by atoms with Crippen molar-refractivity contribution < 1.29 is 8.42 Å². The third-order valence-electron chi connectivity index (χ3n) is 3.57. The van der Waals surface area contributed by atoms with E-state index in [1.165, 1.54) is 30.3 Å². The molecule has 0 bridgehead atoms. The molecule has 1 N–H and O–H groups in total. The predicted molar refractivity (Wildman–Crippen MR) is 104 cm³/mol. The fourth-order valence-electron chi connectivity index (χ4n) is 2.42. The molecule has 1 aromatic heterocycles. The molecular weight excluding hydrogens is 403 g/mol. The van der Waals surface area contributed by atoms with E-state index < -0.39 is 10.0 Å². The fraction of sp³-hybridized carbons (Fsp3) is 0.188. The molecule has 0 saturated carbocycles. The molecular formula is C16H14Cl2N2O3S2. The maximum atomic E-state index is 12.6. The number of hydrogen-bond donors (Lipinski definition) is 1. The van der Waals surface area contributed by atoms with Crippen LogP contribution in [-0.2, 0) is 16.6 Å². The van der Waals surface area contributed by atoms with Gasteiger partial charge in [0.15, 0.2) is 0 Å². The summed E-state index contributed by atoms with van der Waals surface area (Å²) in [5.41, 5.74) is 1.05. The van der Waals surface area contributed by atoms with Gasteiger partial charge >= 0.3 is 4.87 Å². The van der Waals surface area contributed by atoms with Gasteiger partial charge in [0.05, 0.1) is 30.8 Å². The standard InChI is InChI=1S/C16H14Cl2N2O3S2/c1-2-7-20-14-6-4-11(9-15(14)24-16(20)21)25(22,23)19-10-3-5-12(17)13(18)8-10/h3-6,8-9,19H,2,7H2,1H3. The van der Waals surface area contributed by atoms with E-state index in [4.69, 9.17) is 23.2 Å². The summed E-state index contributed by atoms with van der Waals surface area (Å²) >= 11 is 12.8. The highest BCUT2D eigenvalue weighted by Crippen LogP contribution is 2.27. The molecule has 0 spiro atoms. The minimum absolute atomic E-state index is 0.0796. The summed E-state index contributed by atoms with van der Waals surface area (Å²) in [7, 11) is -3.81. The first-order chi connectivity index (χ1) is 11.8. The Morgan fingerprint density at radius 1 is 1.12 bits per heavy atom. The SMILES string of the molecule is CCCn1c(=O)sc2cc(S(=O)(=O)Nc3ccc(Cl)c(Cl)c3)ccc21. The maximum absolute atomic E-state index is 12.6. The van der Waals surface area contributed by atoms with Crippen LogP contribution < -0.4 is 9.60 Å². The average Bonchev–Trinajstić information content (AvgIpc) is 2.86. The van der Waals surface area contributed by atoms with E-state index in [0.717, 1.165) is 23.3 Å². The highest BCUT2D eigenvalue weighted by Gasteiger charge is 2.17. The average molecular weight is 417 g/mol. The van der Waals surface area contributed by atoms with Crippen LogP contribution in [0.3, 0.4) is 0 Å². The van der Waals surface area contributed by atoms with E-state index in [9.17, 15) is 13.2 Å². The summed E-state index contributed by atoms with van der Waals surface area (Å²) in [6, 6.07) is 9.14. The van der Waals surface area contributed by atoms with Gasteiger partial charge in [-0.1, -0.05) is 41.5 Å². The summed E-state index contributed by atoms with van der Waals surface area (Å²) in [4.78, 5) is 12.0. The van der Waals surface area contributed by atoms with Gasteiger partial charge in [0.25, 0.3) is 10.0 Å². The lowest BCUT2D eigenvalue weighted by atomic mass is 10.3. The Morgan fingerprint density at radius 2 is 1.88 bits per heavy atom. The molecule has 2 aromatic carbocycles. The second kappa shape index (κ2) is 6.99. The van der Waals surface area contributed by atoms with Crippen molar-refractivity contribution in [1.82, 2.24) is 4.57 Å². The predicted octanol–water partition coefficient (Wildman–Crippen LogP) is 4.58. The Labute approximate surface area is 158 Å². The van der Waals surface area contributed by atoms with Crippen molar-refractivity contribution in [2.45, 2.75) is 24.8 Å². The normalized spacial score (nSPS) is 11.8. The summed E-state index contributed by atoms with van der Waals surface area (Å²) in [6.07, 6.45) is 0.824. The molecule has 0 aliphatic carbocycles. The minimum atomic E-state index is -3.81. The number of sulfonamides is 1. The number of hydrogen-bond acceptors (Lipinski definition) is 4. The van der Waals surface area contributed by atoms with Gasteiger partial charge < -0.3 is 0 Å². The van der Waals surface area contributed by atoms with Crippen LogP contribution in [0.15, 0.2) is 46.1 Å². The monoisotopic (exact) mass is 416 g/mol. The van der Waals surface area contributed by atoms with Gasteiger partial charge in [-0.2, -0.15) is 0 Å². The van der Waals surface area contributed by atoms with Crippen LogP contribution in [0.1, 0.15) is 13.3 Å². The Morgan fingerprint density at radius 3 is 2.56 bits per heavy atom. The number of aromatic nitrogens is 1. The van der Waals surface area contributed by atoms with Crippen molar-refractivity contribution in [3.8, 4) is 0 Å². The minimum Gasteiger partial charge on any atom is -0.299 e. The maximum Gasteiger partial charge on any atom is 0.308 e. The number of thiazole rings is 1.